The van der Waals surface area contributed by atoms with E-state index in [1.807, 2.05) is 68.4 Å². The highest BCUT2D eigenvalue weighted by Gasteiger charge is 2.27. The van der Waals surface area contributed by atoms with Crippen LogP contribution in [0.3, 0.4) is 0 Å². The number of aryl methyl sites for hydroxylation is 1. The number of carbonyl (C=O) groups excluding carboxylic acids is 1. The van der Waals surface area contributed by atoms with Crippen molar-refractivity contribution in [2.45, 2.75) is 19.6 Å². The normalized spacial score (nSPS) is 14.8. The van der Waals surface area contributed by atoms with Crippen LogP contribution in [0, 0.1) is 6.92 Å². The molecule has 0 saturated heterocycles. The van der Waals surface area contributed by atoms with Crippen LogP contribution in [0.2, 0.25) is 0 Å². The predicted octanol–water partition coefficient (Wildman–Crippen LogP) is 3.36. The zero-order chi connectivity index (χ0) is 22.5. The van der Waals surface area contributed by atoms with Crippen molar-refractivity contribution in [3.05, 3.63) is 83.3 Å². The summed E-state index contributed by atoms with van der Waals surface area (Å²) in [5.41, 5.74) is 3.59. The van der Waals surface area contributed by atoms with Crippen LogP contribution >= 0.6 is 0 Å². The maximum atomic E-state index is 13.2. The molecule has 2 aromatic carbocycles. The first-order chi connectivity index (χ1) is 15.6. The Morgan fingerprint density at radius 1 is 1.09 bits per heavy atom. The highest BCUT2D eigenvalue weighted by atomic mass is 16.5. The minimum absolute atomic E-state index is 0.0245. The van der Waals surface area contributed by atoms with Gasteiger partial charge in [-0.05, 0) is 37.2 Å². The first-order valence-electron chi connectivity index (χ1n) is 10.8. The van der Waals surface area contributed by atoms with Gasteiger partial charge in [0.05, 0.1) is 12.7 Å². The average Bonchev–Trinajstić information content (AvgIpc) is 2.94. The highest BCUT2D eigenvalue weighted by Crippen LogP contribution is 2.26. The fraction of sp³-hybridized carbons (Fsp3) is 0.320. The van der Waals surface area contributed by atoms with E-state index in [-0.39, 0.29) is 12.0 Å². The van der Waals surface area contributed by atoms with Gasteiger partial charge in [-0.3, -0.25) is 4.79 Å². The topological polar surface area (TPSA) is 70.6 Å². The predicted molar refractivity (Wildman–Crippen MR) is 126 cm³/mol. The van der Waals surface area contributed by atoms with Crippen molar-refractivity contribution in [3.8, 4) is 0 Å². The summed E-state index contributed by atoms with van der Waals surface area (Å²) in [7, 11) is 3.88. The second-order valence-corrected chi connectivity index (χ2v) is 7.97. The molecule has 0 spiro atoms. The molecule has 1 amide bonds. The second kappa shape index (κ2) is 9.89. The lowest BCUT2D eigenvalue weighted by Gasteiger charge is -2.22. The molecule has 1 aliphatic heterocycles. The van der Waals surface area contributed by atoms with Gasteiger partial charge in [-0.25, -0.2) is 9.97 Å². The van der Waals surface area contributed by atoms with Crippen LogP contribution in [-0.4, -0.2) is 49.6 Å². The van der Waals surface area contributed by atoms with Gasteiger partial charge in [-0.15, -0.1) is 0 Å². The zero-order valence-corrected chi connectivity index (χ0v) is 18.8. The zero-order valence-electron chi connectivity index (χ0n) is 18.8. The van der Waals surface area contributed by atoms with Gasteiger partial charge >= 0.3 is 0 Å². The van der Waals surface area contributed by atoms with Gasteiger partial charge in [-0.2, -0.15) is 0 Å². The number of nitrogens with one attached hydrogen (secondary N) is 1. The fourth-order valence-corrected chi connectivity index (χ4v) is 3.84. The van der Waals surface area contributed by atoms with Gasteiger partial charge in [0.1, 0.15) is 17.2 Å². The minimum atomic E-state index is -0.0773. The van der Waals surface area contributed by atoms with Gasteiger partial charge in [-0.1, -0.05) is 42.5 Å². The number of hydrogen-bond acceptors (Lipinski definition) is 6. The quantitative estimate of drug-likeness (QED) is 0.619. The summed E-state index contributed by atoms with van der Waals surface area (Å²) in [5, 5.41) is 3.20. The maximum absolute atomic E-state index is 13.2. The highest BCUT2D eigenvalue weighted by molar-refractivity contribution is 6.09. The SMILES string of the molecule is CNCC(OCc1ccc(N2CCN(C)c3nc(C)ncc3C2=O)cc1)c1ccccc1. The Balaban J connectivity index is 1.47. The third kappa shape index (κ3) is 4.79. The Morgan fingerprint density at radius 2 is 1.84 bits per heavy atom. The molecule has 0 saturated carbocycles. The van der Waals surface area contributed by atoms with E-state index >= 15 is 0 Å². The molecule has 1 unspecified atom stereocenters. The lowest BCUT2D eigenvalue weighted by atomic mass is 10.1. The van der Waals surface area contributed by atoms with E-state index in [4.69, 9.17) is 4.74 Å². The van der Waals surface area contributed by atoms with Crippen molar-refractivity contribution >= 4 is 17.4 Å². The molecule has 0 fully saturated rings. The average molecular weight is 432 g/mol. The molecule has 3 aromatic rings. The van der Waals surface area contributed by atoms with Gasteiger partial charge in [0.2, 0.25) is 0 Å². The molecule has 2 heterocycles. The number of nitrogens with zero attached hydrogens (tertiary/aromatic N) is 4. The smallest absolute Gasteiger partial charge is 0.263 e. The van der Waals surface area contributed by atoms with E-state index in [9.17, 15) is 4.79 Å². The molecule has 4 rings (SSSR count). The van der Waals surface area contributed by atoms with Crippen LogP contribution in [0.4, 0.5) is 11.5 Å². The molecule has 1 aliphatic rings. The van der Waals surface area contributed by atoms with Crippen LogP contribution in [-0.2, 0) is 11.3 Å². The van der Waals surface area contributed by atoms with Crippen molar-refractivity contribution in [1.82, 2.24) is 15.3 Å². The lowest BCUT2D eigenvalue weighted by molar-refractivity contribution is 0.0411. The van der Waals surface area contributed by atoms with E-state index in [2.05, 4.69) is 27.4 Å². The fourth-order valence-electron chi connectivity index (χ4n) is 3.84. The molecule has 7 nitrogen and oxygen atoms in total. The summed E-state index contributed by atoms with van der Waals surface area (Å²) in [4.78, 5) is 25.7. The Kier molecular flexibility index (Phi) is 6.78. The van der Waals surface area contributed by atoms with Gasteiger partial charge in [0.15, 0.2) is 0 Å². The van der Waals surface area contributed by atoms with E-state index in [1.165, 1.54) is 0 Å². The number of carbonyl (C=O) groups is 1. The van der Waals surface area contributed by atoms with Crippen molar-refractivity contribution in [1.29, 1.82) is 0 Å². The molecule has 1 aromatic heterocycles. The maximum Gasteiger partial charge on any atom is 0.263 e. The molecule has 0 aliphatic carbocycles. The van der Waals surface area contributed by atoms with E-state index in [0.717, 1.165) is 23.4 Å². The number of anilines is 2. The number of rotatable bonds is 7. The van der Waals surface area contributed by atoms with Crippen molar-refractivity contribution < 1.29 is 9.53 Å². The third-order valence-electron chi connectivity index (χ3n) is 5.65. The second-order valence-electron chi connectivity index (χ2n) is 7.97. The van der Waals surface area contributed by atoms with Crippen LogP contribution in [0.25, 0.3) is 0 Å². The van der Waals surface area contributed by atoms with Crippen molar-refractivity contribution in [2.75, 3.05) is 43.5 Å². The minimum Gasteiger partial charge on any atom is -0.368 e. The van der Waals surface area contributed by atoms with Gasteiger partial charge in [0, 0.05) is 38.6 Å². The molecule has 166 valence electrons. The van der Waals surface area contributed by atoms with Crippen LogP contribution in [0.15, 0.2) is 60.8 Å². The van der Waals surface area contributed by atoms with E-state index in [1.54, 1.807) is 11.1 Å². The molecule has 32 heavy (non-hydrogen) atoms. The van der Waals surface area contributed by atoms with Crippen molar-refractivity contribution in [2.24, 2.45) is 0 Å². The first kappa shape index (κ1) is 21.9. The van der Waals surface area contributed by atoms with Gasteiger partial charge < -0.3 is 19.9 Å². The number of amides is 1. The summed E-state index contributed by atoms with van der Waals surface area (Å²) in [6, 6.07) is 18.2. The van der Waals surface area contributed by atoms with E-state index < -0.39 is 0 Å². The van der Waals surface area contributed by atoms with Gasteiger partial charge in [0.25, 0.3) is 5.91 Å². The largest absolute Gasteiger partial charge is 0.368 e. The van der Waals surface area contributed by atoms with Crippen LogP contribution < -0.4 is 15.1 Å². The summed E-state index contributed by atoms with van der Waals surface area (Å²) in [5.74, 6) is 1.27. The number of ether oxygens (including phenoxy) is 1. The molecular formula is C25H29N5O2. The monoisotopic (exact) mass is 431 g/mol. The summed E-state index contributed by atoms with van der Waals surface area (Å²) < 4.78 is 6.19. The first-order valence-corrected chi connectivity index (χ1v) is 10.8. The summed E-state index contributed by atoms with van der Waals surface area (Å²) in [6.07, 6.45) is 1.60. The Morgan fingerprint density at radius 3 is 2.56 bits per heavy atom. The van der Waals surface area contributed by atoms with E-state index in [0.29, 0.717) is 36.9 Å². The summed E-state index contributed by atoms with van der Waals surface area (Å²) in [6.45, 7) is 4.34. The number of aromatic nitrogens is 2. The molecule has 0 bridgehead atoms. The number of hydrogen-bond donors (Lipinski definition) is 1. The molecular weight excluding hydrogens is 402 g/mol. The summed E-state index contributed by atoms with van der Waals surface area (Å²) >= 11 is 0. The van der Waals surface area contributed by atoms with Crippen LogP contribution in [0.1, 0.15) is 33.4 Å². The number of fused-ring (bicyclic) bond motifs is 1. The Bertz CT molecular complexity index is 1060. The lowest BCUT2D eigenvalue weighted by Crippen LogP contribution is -2.33. The molecule has 1 atom stereocenters. The standard InChI is InChI=1S/C25H29N5O2/c1-18-27-15-22-24(28-18)29(3)13-14-30(25(22)31)21-11-9-19(10-12-21)17-32-23(16-26-2)20-7-5-4-6-8-20/h4-12,15,23,26H,13-14,16-17H2,1-3H3. The third-order valence-corrected chi connectivity index (χ3v) is 5.65. The van der Waals surface area contributed by atoms with Crippen molar-refractivity contribution in [3.63, 3.8) is 0 Å². The van der Waals surface area contributed by atoms with Crippen LogP contribution in [0.5, 0.6) is 0 Å². The molecule has 0 radical (unpaired) electrons. The Hall–Kier alpha value is -3.29. The number of likely N-dealkylation sites (N-methyl/N-ethyl adjacent to an activating group) is 2. The molecule has 7 heteroatoms. The number of benzene rings is 2. The Labute approximate surface area is 189 Å². The molecule has 1 N–H and O–H groups in total.